The predicted molar refractivity (Wildman–Crippen MR) is 88.9 cm³/mol. The van der Waals surface area contributed by atoms with Gasteiger partial charge in [0.05, 0.1) is 19.8 Å². The first-order valence-corrected chi connectivity index (χ1v) is 8.38. The van der Waals surface area contributed by atoms with E-state index in [1.807, 2.05) is 0 Å². The number of hydrogen-bond acceptors (Lipinski definition) is 4. The van der Waals surface area contributed by atoms with E-state index in [0.717, 1.165) is 18.7 Å². The van der Waals surface area contributed by atoms with Gasteiger partial charge in [0.15, 0.2) is 0 Å². The summed E-state index contributed by atoms with van der Waals surface area (Å²) in [6.45, 7) is 8.27. The van der Waals surface area contributed by atoms with Crippen molar-refractivity contribution in [3.8, 4) is 0 Å². The normalized spacial score (nSPS) is 24.2. The monoisotopic (exact) mass is 304 g/mol. The van der Waals surface area contributed by atoms with Crippen LogP contribution < -0.4 is 10.6 Å². The zero-order chi connectivity index (χ0) is 15.6. The fraction of sp³-hybridized carbons (Fsp3) is 0.667. The van der Waals surface area contributed by atoms with Crippen LogP contribution in [-0.2, 0) is 15.3 Å². The Morgan fingerprint density at radius 2 is 1.59 bits per heavy atom. The van der Waals surface area contributed by atoms with Gasteiger partial charge >= 0.3 is 0 Å². The van der Waals surface area contributed by atoms with Crippen molar-refractivity contribution in [3.05, 3.63) is 29.8 Å². The van der Waals surface area contributed by atoms with Crippen LogP contribution in [-0.4, -0.2) is 32.8 Å². The second-order valence-electron chi connectivity index (χ2n) is 7.29. The third-order valence-electron chi connectivity index (χ3n) is 4.69. The minimum Gasteiger partial charge on any atom is -0.372 e. The highest BCUT2D eigenvalue weighted by Crippen LogP contribution is 2.36. The number of nitrogens with two attached hydrogens (primary N) is 1. The molecule has 2 fully saturated rings. The largest absolute Gasteiger partial charge is 0.372 e. The lowest BCUT2D eigenvalue weighted by molar-refractivity contribution is -0.302. The van der Waals surface area contributed by atoms with Crippen molar-refractivity contribution in [3.63, 3.8) is 0 Å². The van der Waals surface area contributed by atoms with Gasteiger partial charge in [0.2, 0.25) is 5.79 Å². The molecule has 1 aromatic rings. The molecule has 0 spiro atoms. The summed E-state index contributed by atoms with van der Waals surface area (Å²) in [6, 6.07) is 8.55. The summed E-state index contributed by atoms with van der Waals surface area (Å²) in [5.41, 5.74) is 8.33. The van der Waals surface area contributed by atoms with Gasteiger partial charge in [-0.2, -0.15) is 0 Å². The van der Waals surface area contributed by atoms with Gasteiger partial charge in [-0.1, -0.05) is 26.0 Å². The molecule has 0 amide bonds. The molecule has 0 aromatic heterocycles. The number of nitrogens with zero attached hydrogens (tertiary/aromatic N) is 1. The van der Waals surface area contributed by atoms with Crippen molar-refractivity contribution < 1.29 is 9.47 Å². The van der Waals surface area contributed by atoms with Crippen molar-refractivity contribution in [2.75, 3.05) is 37.7 Å². The van der Waals surface area contributed by atoms with Crippen molar-refractivity contribution >= 4 is 5.69 Å². The fourth-order valence-electron chi connectivity index (χ4n) is 3.19. The van der Waals surface area contributed by atoms with Gasteiger partial charge in [-0.15, -0.1) is 0 Å². The van der Waals surface area contributed by atoms with Gasteiger partial charge < -0.3 is 20.1 Å². The second kappa shape index (κ2) is 6.19. The number of benzene rings is 1. The van der Waals surface area contributed by atoms with Crippen LogP contribution in [0.1, 0.15) is 38.7 Å². The van der Waals surface area contributed by atoms with Crippen LogP contribution in [0.5, 0.6) is 0 Å². The molecule has 0 saturated carbocycles. The Morgan fingerprint density at radius 1 is 1.00 bits per heavy atom. The average molecular weight is 304 g/mol. The smallest absolute Gasteiger partial charge is 0.207 e. The molecule has 22 heavy (non-hydrogen) atoms. The molecule has 0 bridgehead atoms. The lowest BCUT2D eigenvalue weighted by Crippen LogP contribution is -2.49. The summed E-state index contributed by atoms with van der Waals surface area (Å²) in [6.07, 6.45) is 3.92. The molecule has 2 heterocycles. The molecule has 3 rings (SSSR count). The highest BCUT2D eigenvalue weighted by atomic mass is 16.7. The first-order chi connectivity index (χ1) is 10.5. The minimum absolute atomic E-state index is 0.0480. The lowest BCUT2D eigenvalue weighted by Gasteiger charge is -2.43. The van der Waals surface area contributed by atoms with E-state index in [1.54, 1.807) is 0 Å². The van der Waals surface area contributed by atoms with E-state index in [4.69, 9.17) is 15.2 Å². The summed E-state index contributed by atoms with van der Waals surface area (Å²) in [5, 5.41) is 0. The highest BCUT2D eigenvalue weighted by Gasteiger charge is 2.41. The van der Waals surface area contributed by atoms with E-state index in [9.17, 15) is 0 Å². The summed E-state index contributed by atoms with van der Waals surface area (Å²) in [4.78, 5) is 2.45. The SMILES string of the molecule is CC1(C)COC(CN)(c2ccc(N3CCCCC3)cc2)OC1. The fourth-order valence-corrected chi connectivity index (χ4v) is 3.19. The standard InChI is InChI=1S/C18H28N2O2/c1-17(2)13-21-18(12-19,22-14-17)15-6-8-16(9-7-15)20-10-4-3-5-11-20/h6-9H,3-5,10-14,19H2,1-2H3. The van der Waals surface area contributed by atoms with Crippen LogP contribution in [0.15, 0.2) is 24.3 Å². The molecule has 122 valence electrons. The molecular weight excluding hydrogens is 276 g/mol. The van der Waals surface area contributed by atoms with Crippen molar-refractivity contribution in [2.24, 2.45) is 11.1 Å². The second-order valence-corrected chi connectivity index (χ2v) is 7.29. The van der Waals surface area contributed by atoms with Gasteiger partial charge in [0, 0.05) is 29.8 Å². The number of ether oxygens (including phenoxy) is 2. The van der Waals surface area contributed by atoms with E-state index in [1.165, 1.54) is 24.9 Å². The van der Waals surface area contributed by atoms with Gasteiger partial charge in [-0.3, -0.25) is 0 Å². The molecule has 2 saturated heterocycles. The van der Waals surface area contributed by atoms with Crippen LogP contribution >= 0.6 is 0 Å². The molecule has 0 radical (unpaired) electrons. The van der Waals surface area contributed by atoms with Crippen molar-refractivity contribution in [1.82, 2.24) is 0 Å². The lowest BCUT2D eigenvalue weighted by atomic mass is 9.93. The summed E-state index contributed by atoms with van der Waals surface area (Å²) >= 11 is 0. The Hall–Kier alpha value is -1.10. The number of anilines is 1. The average Bonchev–Trinajstić information content (AvgIpc) is 2.57. The van der Waals surface area contributed by atoms with Gasteiger partial charge in [-0.25, -0.2) is 0 Å². The van der Waals surface area contributed by atoms with Gasteiger partial charge in [0.25, 0.3) is 0 Å². The van der Waals surface area contributed by atoms with Crippen LogP contribution in [0, 0.1) is 5.41 Å². The molecule has 0 unspecified atom stereocenters. The summed E-state index contributed by atoms with van der Waals surface area (Å²) < 4.78 is 12.1. The van der Waals surface area contributed by atoms with Gasteiger partial charge in [-0.05, 0) is 31.4 Å². The predicted octanol–water partition coefficient (Wildman–Crippen LogP) is 2.86. The maximum absolute atomic E-state index is 6.04. The molecule has 0 aliphatic carbocycles. The molecule has 1 aromatic carbocycles. The molecule has 4 heteroatoms. The molecule has 4 nitrogen and oxygen atoms in total. The van der Waals surface area contributed by atoms with E-state index in [2.05, 4.69) is 43.0 Å². The van der Waals surface area contributed by atoms with Crippen molar-refractivity contribution in [1.29, 1.82) is 0 Å². The third kappa shape index (κ3) is 3.14. The zero-order valence-corrected chi connectivity index (χ0v) is 13.8. The third-order valence-corrected chi connectivity index (χ3v) is 4.69. The minimum atomic E-state index is -0.782. The Morgan fingerprint density at radius 3 is 2.14 bits per heavy atom. The van der Waals surface area contributed by atoms with Crippen LogP contribution in [0.25, 0.3) is 0 Å². The highest BCUT2D eigenvalue weighted by molar-refractivity contribution is 5.48. The molecule has 0 atom stereocenters. The first kappa shape index (κ1) is 15.8. The maximum atomic E-state index is 6.04. The zero-order valence-electron chi connectivity index (χ0n) is 13.8. The summed E-state index contributed by atoms with van der Waals surface area (Å²) in [7, 11) is 0. The van der Waals surface area contributed by atoms with Crippen LogP contribution in [0.4, 0.5) is 5.69 Å². The number of piperidine rings is 1. The number of rotatable bonds is 3. The van der Waals surface area contributed by atoms with E-state index < -0.39 is 5.79 Å². The quantitative estimate of drug-likeness (QED) is 0.933. The Bertz CT molecular complexity index is 482. The Balaban J connectivity index is 1.76. The van der Waals surface area contributed by atoms with Crippen LogP contribution in [0.2, 0.25) is 0 Å². The Kier molecular flexibility index (Phi) is 4.44. The van der Waals surface area contributed by atoms with Crippen molar-refractivity contribution in [2.45, 2.75) is 38.9 Å². The van der Waals surface area contributed by atoms with E-state index in [-0.39, 0.29) is 5.41 Å². The van der Waals surface area contributed by atoms with E-state index >= 15 is 0 Å². The first-order valence-electron chi connectivity index (χ1n) is 8.38. The van der Waals surface area contributed by atoms with E-state index in [0.29, 0.717) is 19.8 Å². The van der Waals surface area contributed by atoms with Gasteiger partial charge in [0.1, 0.15) is 0 Å². The molecule has 2 N–H and O–H groups in total. The molecular formula is C18H28N2O2. The molecule has 2 aliphatic rings. The topological polar surface area (TPSA) is 47.7 Å². The van der Waals surface area contributed by atoms with Crippen LogP contribution in [0.3, 0.4) is 0 Å². The Labute approximate surface area is 133 Å². The number of hydrogen-bond donors (Lipinski definition) is 1. The summed E-state index contributed by atoms with van der Waals surface area (Å²) in [5.74, 6) is -0.782. The molecule has 2 aliphatic heterocycles. The maximum Gasteiger partial charge on any atom is 0.207 e.